The molecule has 0 fully saturated rings. The van der Waals surface area contributed by atoms with Crippen LogP contribution in [0.1, 0.15) is 89.0 Å². The Morgan fingerprint density at radius 3 is 0.867 bits per heavy atom. The van der Waals surface area contributed by atoms with Crippen LogP contribution in [-0.4, -0.2) is 0 Å². The van der Waals surface area contributed by atoms with Crippen molar-refractivity contribution in [1.29, 1.82) is 0 Å². The average molecular weight is 1930 g/mol. The third kappa shape index (κ3) is 12.1. The molecule has 5 nitrogen and oxygen atoms in total. The summed E-state index contributed by atoms with van der Waals surface area (Å²) >= 11 is 1.89. The molecule has 4 aliphatic carbocycles. The lowest BCUT2D eigenvalue weighted by atomic mass is 9.66. The number of rotatable bonds is 10. The van der Waals surface area contributed by atoms with Crippen molar-refractivity contribution < 1.29 is 14.2 Å². The second kappa shape index (κ2) is 33.3. The predicted octanol–water partition coefficient (Wildman–Crippen LogP) is 37.5. The van der Waals surface area contributed by atoms with E-state index in [9.17, 15) is 0 Å². The Kier molecular flexibility index (Phi) is 19.0. The van der Waals surface area contributed by atoms with Crippen LogP contribution in [0.3, 0.4) is 0 Å². The van der Waals surface area contributed by atoms with Crippen molar-refractivity contribution in [2.75, 3.05) is 9.80 Å². The smallest absolute Gasteiger partial charge is 0.132 e. The van der Waals surface area contributed by atoms with Crippen LogP contribution in [0.4, 0.5) is 34.1 Å². The maximum Gasteiger partial charge on any atom is 0.132 e. The van der Waals surface area contributed by atoms with Gasteiger partial charge >= 0.3 is 0 Å². The molecule has 0 aromatic heterocycles. The quantitative estimate of drug-likeness (QED) is 0.136. The van der Waals surface area contributed by atoms with Crippen molar-refractivity contribution in [3.63, 3.8) is 0 Å². The van der Waals surface area contributed by atoms with Crippen LogP contribution in [0.25, 0.3) is 111 Å². The highest BCUT2D eigenvalue weighted by Crippen LogP contribution is 2.72. The minimum atomic E-state index is -0.640. The maximum atomic E-state index is 6.81. The second-order valence-corrected chi connectivity index (χ2v) is 41.5. The highest BCUT2D eigenvalue weighted by molar-refractivity contribution is 7.99. The van der Waals surface area contributed by atoms with Crippen molar-refractivity contribution in [3.8, 4) is 124 Å². The molecule has 150 heavy (non-hydrogen) atoms. The monoisotopic (exact) mass is 1930 g/mol. The van der Waals surface area contributed by atoms with Gasteiger partial charge in [-0.3, -0.25) is 0 Å². The van der Waals surface area contributed by atoms with Gasteiger partial charge in [-0.15, -0.1) is 0 Å². The maximum absolute atomic E-state index is 6.81. The van der Waals surface area contributed by atoms with E-state index in [4.69, 9.17) is 14.2 Å². The van der Waals surface area contributed by atoms with E-state index < -0.39 is 21.7 Å². The number of fused-ring (bicyclic) bond motifs is 38. The van der Waals surface area contributed by atoms with Crippen LogP contribution >= 0.6 is 11.8 Å². The molecule has 700 valence electrons. The van der Waals surface area contributed by atoms with Crippen LogP contribution in [0.15, 0.2) is 556 Å². The molecule has 4 aliphatic heterocycles. The van der Waals surface area contributed by atoms with Gasteiger partial charge in [0.25, 0.3) is 0 Å². The zero-order chi connectivity index (χ0) is 98.5. The second-order valence-electron chi connectivity index (χ2n) is 40.4. The third-order valence-corrected chi connectivity index (χ3v) is 34.3. The lowest BCUT2D eigenvalue weighted by molar-refractivity contribution is 0.436. The molecule has 0 unspecified atom stereocenters. The molecule has 8 aliphatic rings. The van der Waals surface area contributed by atoms with Gasteiger partial charge in [0.05, 0.1) is 44.4 Å². The predicted molar refractivity (Wildman–Crippen MR) is 613 cm³/mol. The number of para-hydroxylation sites is 6. The molecule has 0 atom stereocenters. The normalized spacial score (nSPS) is 14.1. The summed E-state index contributed by atoms with van der Waals surface area (Å²) in [5, 5.41) is 4.72. The van der Waals surface area contributed by atoms with Crippen LogP contribution < -0.4 is 24.0 Å². The van der Waals surface area contributed by atoms with Gasteiger partial charge in [0, 0.05) is 82.0 Å². The first-order valence-corrected chi connectivity index (χ1v) is 52.6. The SMILES string of the molecule is c1ccc(-c2ccc(-c3ccc(N(c4cccc5c4-c4ccccc4C54c5ccccc5Oc5ccccc54)c4c5c(cc6ccccc46)C4(c6ccccc6Sc6ccccc64)c4ccccc4-5)cc3)cc2)cc1.c1ccc(-c2ccc(-c3ccc(N(c4cccc5c4-c4ccccc4C54c5ccccc5Oc5ccccc54)c4cccc5cc6c(cc45)C4(c5ccccc5Oc5ccccc54)c4ccccc4-6)cc3)cc2)cc1. The van der Waals surface area contributed by atoms with Crippen LogP contribution in [0.2, 0.25) is 0 Å². The van der Waals surface area contributed by atoms with Crippen LogP contribution in [-0.2, 0) is 21.7 Å². The minimum Gasteiger partial charge on any atom is -0.457 e. The van der Waals surface area contributed by atoms with Crippen molar-refractivity contribution >= 4 is 67.4 Å². The van der Waals surface area contributed by atoms with E-state index in [0.717, 1.165) is 113 Å². The van der Waals surface area contributed by atoms with Gasteiger partial charge < -0.3 is 24.0 Å². The van der Waals surface area contributed by atoms with Gasteiger partial charge in [-0.2, -0.15) is 0 Å². The molecule has 0 saturated carbocycles. The number of benzene rings is 24. The molecule has 0 amide bonds. The largest absolute Gasteiger partial charge is 0.457 e. The van der Waals surface area contributed by atoms with E-state index in [2.05, 4.69) is 556 Å². The van der Waals surface area contributed by atoms with Crippen LogP contribution in [0, 0.1) is 0 Å². The summed E-state index contributed by atoms with van der Waals surface area (Å²) in [6.45, 7) is 0. The van der Waals surface area contributed by atoms with Gasteiger partial charge in [-0.1, -0.05) is 449 Å². The fourth-order valence-corrected chi connectivity index (χ4v) is 28.4. The Hall–Kier alpha value is -18.9. The van der Waals surface area contributed by atoms with E-state index in [-0.39, 0.29) is 0 Å². The number of anilines is 6. The fourth-order valence-electron chi connectivity index (χ4n) is 27.2. The molecule has 0 N–H and O–H groups in total. The summed E-state index contributed by atoms with van der Waals surface area (Å²) in [5.41, 5.74) is 43.1. The zero-order valence-electron chi connectivity index (χ0n) is 81.5. The van der Waals surface area contributed by atoms with E-state index >= 15 is 0 Å². The first-order valence-electron chi connectivity index (χ1n) is 51.8. The summed E-state index contributed by atoms with van der Waals surface area (Å²) in [5.74, 6) is 5.28. The summed E-state index contributed by atoms with van der Waals surface area (Å²) in [6.07, 6.45) is 0. The molecule has 4 heterocycles. The number of hydrogen-bond donors (Lipinski definition) is 0. The minimum absolute atomic E-state index is 0.574. The van der Waals surface area contributed by atoms with Crippen molar-refractivity contribution in [1.82, 2.24) is 0 Å². The van der Waals surface area contributed by atoms with E-state index in [1.807, 2.05) is 11.8 Å². The Morgan fingerprint density at radius 1 is 0.160 bits per heavy atom. The Morgan fingerprint density at radius 2 is 0.440 bits per heavy atom. The highest BCUT2D eigenvalue weighted by Gasteiger charge is 2.58. The van der Waals surface area contributed by atoms with Crippen molar-refractivity contribution in [3.05, 3.63) is 635 Å². The molecule has 4 spiro atoms. The summed E-state index contributed by atoms with van der Waals surface area (Å²) < 4.78 is 20.4. The summed E-state index contributed by atoms with van der Waals surface area (Å²) in [4.78, 5) is 7.74. The Labute approximate surface area is 874 Å². The molecule has 6 heteroatoms. The molecule has 24 aromatic carbocycles. The van der Waals surface area contributed by atoms with E-state index in [0.29, 0.717) is 0 Å². The van der Waals surface area contributed by atoms with Crippen LogP contribution in [0.5, 0.6) is 34.5 Å². The first kappa shape index (κ1) is 85.5. The molecule has 32 rings (SSSR count). The topological polar surface area (TPSA) is 34.2 Å². The average Bonchev–Trinajstić information content (AvgIpc) is 1.53. The molecule has 0 bridgehead atoms. The molecular weight excluding hydrogens is 1840 g/mol. The molecular formula is C144H90N2O3S. The first-order chi connectivity index (χ1) is 74.4. The number of hydrogen-bond acceptors (Lipinski definition) is 6. The summed E-state index contributed by atoms with van der Waals surface area (Å²) in [7, 11) is 0. The lowest BCUT2D eigenvalue weighted by Crippen LogP contribution is -2.32. The number of ether oxygens (including phenoxy) is 3. The zero-order valence-corrected chi connectivity index (χ0v) is 82.3. The standard InChI is InChI=1S/C72H45NO2.C72H45NOS/c1-2-18-46(19-3-1)47-36-38-48(39-37-47)49-40-42-51(43-41-49)73(65-31-17-29-62-70(65)53-22-5-7-24-57(53)71(62)58-25-8-12-32-66(58)74-67-33-13-9-26-59(67)71)64-30-16-20-50-44-55-52-21-4-6-23-56(52)72(63(55)45-54(50)64)60-27-10-14-34-68(60)75-69-35-15-11-28-61(69)72;1-2-19-46(20-3-1)47-37-39-48(40-38-47)49-41-43-51(44-42-49)73(63-32-18-31-61-68(63)53-23-6-8-25-55(53)71(61)57-27-10-14-33-64(57)74-65-34-15-11-28-58(65)71)70-52-22-5-4-21-50(52)45-62-69(70)54-24-7-9-26-56(54)72(62)59-29-12-16-35-66(59)75-67-36-17-13-30-60(67)72/h2*1-45H. The van der Waals surface area contributed by atoms with E-state index in [1.54, 1.807) is 0 Å². The van der Waals surface area contributed by atoms with Crippen molar-refractivity contribution in [2.45, 2.75) is 31.5 Å². The Bertz CT molecular complexity index is 9550. The number of nitrogens with zero attached hydrogens (tertiary/aromatic N) is 2. The van der Waals surface area contributed by atoms with Gasteiger partial charge in [-0.25, -0.2) is 0 Å². The summed E-state index contributed by atoms with van der Waals surface area (Å²) in [6, 6.07) is 202. The van der Waals surface area contributed by atoms with Gasteiger partial charge in [0.2, 0.25) is 0 Å². The third-order valence-electron chi connectivity index (χ3n) is 33.2. The van der Waals surface area contributed by atoms with E-state index in [1.165, 1.54) is 165 Å². The Balaban J connectivity index is 0.000000135. The molecule has 0 saturated heterocycles. The molecule has 0 radical (unpaired) electrons. The lowest BCUT2D eigenvalue weighted by Gasteiger charge is -2.40. The van der Waals surface area contributed by atoms with Gasteiger partial charge in [0.15, 0.2) is 0 Å². The fraction of sp³-hybridized carbons (Fsp3) is 0.0278. The highest BCUT2D eigenvalue weighted by atomic mass is 32.2. The molecule has 24 aromatic rings. The van der Waals surface area contributed by atoms with Gasteiger partial charge in [0.1, 0.15) is 34.5 Å². The van der Waals surface area contributed by atoms with Crippen molar-refractivity contribution in [2.24, 2.45) is 0 Å². The van der Waals surface area contributed by atoms with Gasteiger partial charge in [-0.05, 0) is 248 Å².